The molecule has 90 valence electrons. The smallest absolute Gasteiger partial charge is 0.0509 e. The summed E-state index contributed by atoms with van der Waals surface area (Å²) in [7, 11) is 0. The quantitative estimate of drug-likeness (QED) is 0.680. The average molecular weight is 231 g/mol. The summed E-state index contributed by atoms with van der Waals surface area (Å²) in [4.78, 5) is 0. The van der Waals surface area contributed by atoms with E-state index in [1.54, 1.807) is 0 Å². The van der Waals surface area contributed by atoms with E-state index < -0.39 is 0 Å². The highest BCUT2D eigenvalue weighted by molar-refractivity contribution is 7.99. The third-order valence-corrected chi connectivity index (χ3v) is 4.23. The molecule has 0 radical (unpaired) electrons. The first-order valence-electron chi connectivity index (χ1n) is 6.09. The molecule has 0 aliphatic carbocycles. The summed E-state index contributed by atoms with van der Waals surface area (Å²) in [6.07, 6.45) is 1.23. The van der Waals surface area contributed by atoms with Gasteiger partial charge >= 0.3 is 0 Å². The van der Waals surface area contributed by atoms with Gasteiger partial charge in [0.2, 0.25) is 0 Å². The molecule has 2 atom stereocenters. The van der Waals surface area contributed by atoms with Crippen molar-refractivity contribution < 1.29 is 4.74 Å². The second-order valence-corrected chi connectivity index (χ2v) is 5.99. The molecule has 1 rings (SSSR count). The van der Waals surface area contributed by atoms with Crippen molar-refractivity contribution in [1.29, 1.82) is 0 Å². The first-order valence-corrected chi connectivity index (χ1v) is 7.24. The Labute approximate surface area is 98.5 Å². The monoisotopic (exact) mass is 231 g/mol. The van der Waals surface area contributed by atoms with Gasteiger partial charge in [-0.3, -0.25) is 0 Å². The largest absolute Gasteiger partial charge is 0.381 e. The summed E-state index contributed by atoms with van der Waals surface area (Å²) in [6.45, 7) is 9.88. The van der Waals surface area contributed by atoms with Gasteiger partial charge < -0.3 is 10.1 Å². The first kappa shape index (κ1) is 13.3. The Hall–Kier alpha value is 0.270. The molecular formula is C12H25NOS. The molecule has 0 amide bonds. The van der Waals surface area contributed by atoms with Crippen LogP contribution in [0, 0.1) is 11.8 Å². The second-order valence-electron chi connectivity index (χ2n) is 4.84. The molecule has 1 fully saturated rings. The summed E-state index contributed by atoms with van der Waals surface area (Å²) < 4.78 is 5.39. The van der Waals surface area contributed by atoms with Crippen molar-refractivity contribution >= 4 is 11.8 Å². The van der Waals surface area contributed by atoms with Crippen LogP contribution in [-0.2, 0) is 4.74 Å². The fraction of sp³-hybridized carbons (Fsp3) is 1.00. The van der Waals surface area contributed by atoms with Crippen LogP contribution < -0.4 is 5.32 Å². The molecule has 0 aromatic heterocycles. The van der Waals surface area contributed by atoms with E-state index in [4.69, 9.17) is 4.74 Å². The lowest BCUT2D eigenvalue weighted by molar-refractivity contribution is 0.178. The van der Waals surface area contributed by atoms with E-state index in [2.05, 4.69) is 37.8 Å². The fourth-order valence-corrected chi connectivity index (χ4v) is 2.69. The third kappa shape index (κ3) is 5.79. The van der Waals surface area contributed by atoms with Gasteiger partial charge in [-0.15, -0.1) is 0 Å². The number of hydrogen-bond donors (Lipinski definition) is 1. The normalized spacial score (nSPS) is 23.6. The average Bonchev–Trinajstić information content (AvgIpc) is 2.69. The molecule has 2 nitrogen and oxygen atoms in total. The van der Waals surface area contributed by atoms with Gasteiger partial charge in [-0.2, -0.15) is 11.8 Å². The Balaban J connectivity index is 1.94. The van der Waals surface area contributed by atoms with Crippen molar-refractivity contribution in [3.05, 3.63) is 0 Å². The number of ether oxygens (including phenoxy) is 1. The van der Waals surface area contributed by atoms with Crippen molar-refractivity contribution in [3.63, 3.8) is 0 Å². The summed E-state index contributed by atoms with van der Waals surface area (Å²) in [5.74, 6) is 4.06. The van der Waals surface area contributed by atoms with Gasteiger partial charge in [0.15, 0.2) is 0 Å². The van der Waals surface area contributed by atoms with E-state index in [-0.39, 0.29) is 0 Å². The minimum absolute atomic E-state index is 0.618. The number of rotatable bonds is 7. The zero-order valence-corrected chi connectivity index (χ0v) is 11.1. The van der Waals surface area contributed by atoms with E-state index in [0.717, 1.165) is 31.6 Å². The molecule has 1 heterocycles. The van der Waals surface area contributed by atoms with Crippen LogP contribution in [0.1, 0.15) is 27.2 Å². The molecule has 15 heavy (non-hydrogen) atoms. The molecule has 1 N–H and O–H groups in total. The van der Waals surface area contributed by atoms with Crippen LogP contribution in [0.3, 0.4) is 0 Å². The van der Waals surface area contributed by atoms with Gasteiger partial charge in [0, 0.05) is 24.9 Å². The van der Waals surface area contributed by atoms with Crippen LogP contribution in [0.15, 0.2) is 0 Å². The molecular weight excluding hydrogens is 206 g/mol. The van der Waals surface area contributed by atoms with Crippen LogP contribution in [0.25, 0.3) is 0 Å². The molecule has 2 unspecified atom stereocenters. The maximum atomic E-state index is 5.39. The number of thioether (sulfide) groups is 1. The van der Waals surface area contributed by atoms with Gasteiger partial charge in [0.05, 0.1) is 6.61 Å². The van der Waals surface area contributed by atoms with Crippen molar-refractivity contribution in [2.24, 2.45) is 11.8 Å². The van der Waals surface area contributed by atoms with Crippen LogP contribution in [0.5, 0.6) is 0 Å². The third-order valence-electron chi connectivity index (χ3n) is 2.84. The van der Waals surface area contributed by atoms with Crippen molar-refractivity contribution in [2.45, 2.75) is 33.2 Å². The first-order chi connectivity index (χ1) is 7.20. The maximum Gasteiger partial charge on any atom is 0.0509 e. The minimum Gasteiger partial charge on any atom is -0.381 e. The van der Waals surface area contributed by atoms with Gasteiger partial charge in [0.1, 0.15) is 0 Å². The Bertz CT molecular complexity index is 158. The SMILES string of the molecule is CC(C)CSCCNC(C)C1CCOC1. The van der Waals surface area contributed by atoms with Gasteiger partial charge in [0.25, 0.3) is 0 Å². The maximum absolute atomic E-state index is 5.39. The predicted octanol–water partition coefficient (Wildman–Crippen LogP) is 2.39. The topological polar surface area (TPSA) is 21.3 Å². The molecule has 0 saturated carbocycles. The fourth-order valence-electron chi connectivity index (χ4n) is 1.79. The number of hydrogen-bond acceptors (Lipinski definition) is 3. The van der Waals surface area contributed by atoms with Crippen molar-refractivity contribution in [2.75, 3.05) is 31.3 Å². The van der Waals surface area contributed by atoms with Gasteiger partial charge in [-0.05, 0) is 30.9 Å². The molecule has 1 saturated heterocycles. The molecule has 0 bridgehead atoms. The summed E-state index contributed by atoms with van der Waals surface area (Å²) in [6, 6.07) is 0.618. The van der Waals surface area contributed by atoms with E-state index >= 15 is 0 Å². The lowest BCUT2D eigenvalue weighted by atomic mass is 10.0. The highest BCUT2D eigenvalue weighted by atomic mass is 32.2. The highest BCUT2D eigenvalue weighted by Crippen LogP contribution is 2.16. The lowest BCUT2D eigenvalue weighted by Crippen LogP contribution is -2.35. The summed E-state index contributed by atoms with van der Waals surface area (Å²) in [5.41, 5.74) is 0. The Morgan fingerprint density at radius 2 is 2.20 bits per heavy atom. The second kappa shape index (κ2) is 7.53. The zero-order valence-electron chi connectivity index (χ0n) is 10.3. The van der Waals surface area contributed by atoms with E-state index in [1.807, 2.05) is 0 Å². The van der Waals surface area contributed by atoms with Crippen LogP contribution in [0.4, 0.5) is 0 Å². The van der Waals surface area contributed by atoms with Crippen molar-refractivity contribution in [3.8, 4) is 0 Å². The van der Waals surface area contributed by atoms with Gasteiger partial charge in [-0.1, -0.05) is 13.8 Å². The zero-order chi connectivity index (χ0) is 11.1. The van der Waals surface area contributed by atoms with Crippen molar-refractivity contribution in [1.82, 2.24) is 5.32 Å². The Kier molecular flexibility index (Phi) is 6.69. The number of nitrogens with one attached hydrogen (secondary N) is 1. The summed E-state index contributed by atoms with van der Waals surface area (Å²) in [5, 5.41) is 3.60. The van der Waals surface area contributed by atoms with Gasteiger partial charge in [-0.25, -0.2) is 0 Å². The molecule has 1 aliphatic rings. The summed E-state index contributed by atoms with van der Waals surface area (Å²) >= 11 is 2.05. The molecule has 0 aromatic carbocycles. The van der Waals surface area contributed by atoms with Crippen LogP contribution in [-0.4, -0.2) is 37.3 Å². The molecule has 1 aliphatic heterocycles. The van der Waals surface area contributed by atoms with Crippen LogP contribution >= 0.6 is 11.8 Å². The minimum atomic E-state index is 0.618. The molecule has 0 spiro atoms. The van der Waals surface area contributed by atoms with E-state index in [9.17, 15) is 0 Å². The molecule has 0 aromatic rings. The predicted molar refractivity (Wildman–Crippen MR) is 68.6 cm³/mol. The Morgan fingerprint density at radius 3 is 2.80 bits per heavy atom. The highest BCUT2D eigenvalue weighted by Gasteiger charge is 2.21. The van der Waals surface area contributed by atoms with Crippen LogP contribution in [0.2, 0.25) is 0 Å². The molecule has 3 heteroatoms. The van der Waals surface area contributed by atoms with E-state index in [0.29, 0.717) is 6.04 Å². The lowest BCUT2D eigenvalue weighted by Gasteiger charge is -2.19. The Morgan fingerprint density at radius 1 is 1.40 bits per heavy atom. The standard InChI is InChI=1S/C12H25NOS/c1-10(2)9-15-7-5-13-11(3)12-4-6-14-8-12/h10-13H,4-9H2,1-3H3. The van der Waals surface area contributed by atoms with E-state index in [1.165, 1.54) is 17.9 Å².